The summed E-state index contributed by atoms with van der Waals surface area (Å²) >= 11 is 0.0601. The second-order valence-electron chi connectivity index (χ2n) is 14.6. The number of nitrogens with zero attached hydrogens (tertiary/aromatic N) is 1. The first kappa shape index (κ1) is 48.0. The Morgan fingerprint density at radius 1 is 0.849 bits per heavy atom. The molecular formula is C38H66AsN6O8. The molecular weight excluding hydrogens is 743 g/mol. The third-order valence-corrected chi connectivity index (χ3v) is 10.9. The topological polar surface area (TPSA) is 190 Å². The van der Waals surface area contributed by atoms with Gasteiger partial charge in [-0.05, 0) is 13.0 Å². The molecule has 5 amide bonds. The van der Waals surface area contributed by atoms with Crippen LogP contribution >= 0.6 is 0 Å². The van der Waals surface area contributed by atoms with E-state index in [9.17, 15) is 24.0 Å². The molecule has 0 saturated heterocycles. The molecule has 0 heterocycles. The monoisotopic (exact) mass is 809 g/mol. The van der Waals surface area contributed by atoms with Gasteiger partial charge in [-0.1, -0.05) is 13.3 Å². The Morgan fingerprint density at radius 2 is 1.53 bits per heavy atom. The Balaban J connectivity index is 2.57. The molecule has 0 atom stereocenters. The predicted molar refractivity (Wildman–Crippen MR) is 208 cm³/mol. The summed E-state index contributed by atoms with van der Waals surface area (Å²) in [6, 6.07) is 5.73. The number of amides is 5. The number of hydrogen-bond acceptors (Lipinski definition) is 9. The van der Waals surface area contributed by atoms with Crippen molar-refractivity contribution in [1.82, 2.24) is 20.9 Å². The van der Waals surface area contributed by atoms with E-state index in [-0.39, 0.29) is 66.1 Å². The summed E-state index contributed by atoms with van der Waals surface area (Å²) in [4.78, 5) is 63.9. The van der Waals surface area contributed by atoms with Crippen LogP contribution in [0.4, 0.5) is 5.69 Å². The Morgan fingerprint density at radius 3 is 2.21 bits per heavy atom. The predicted octanol–water partition coefficient (Wildman–Crippen LogP) is 2.75. The second-order valence-corrected chi connectivity index (χ2v) is 18.2. The van der Waals surface area contributed by atoms with E-state index in [4.69, 9.17) is 19.9 Å². The third kappa shape index (κ3) is 22.1. The molecule has 0 bridgehead atoms. The van der Waals surface area contributed by atoms with Gasteiger partial charge in [-0.25, -0.2) is 0 Å². The van der Waals surface area contributed by atoms with E-state index >= 15 is 0 Å². The van der Waals surface area contributed by atoms with Crippen LogP contribution in [0.5, 0.6) is 0 Å². The van der Waals surface area contributed by atoms with E-state index in [1.54, 1.807) is 11.9 Å². The number of carbonyl (C=O) groups is 5. The normalized spacial score (nSPS) is 11.9. The SMILES string of the molecule is CCCCC(=O)NCCOCCOCC(=O)NCC(=O)NCC(=O)Nc1ccc(C[As]C(C)C)c(CN(C)C(=O)C(C)(C)CCOC(C)(C)CCN)c1. The van der Waals surface area contributed by atoms with Crippen molar-refractivity contribution in [3.05, 3.63) is 29.3 Å². The quantitative estimate of drug-likeness (QED) is 0.0626. The number of hydrogen-bond donors (Lipinski definition) is 5. The molecule has 0 fully saturated rings. The van der Waals surface area contributed by atoms with Crippen molar-refractivity contribution in [2.75, 3.05) is 71.6 Å². The number of benzene rings is 1. The van der Waals surface area contributed by atoms with Crippen LogP contribution in [-0.2, 0) is 49.9 Å². The maximum absolute atomic E-state index is 13.6. The second kappa shape index (κ2) is 25.9. The average Bonchev–Trinajstić information content (AvgIpc) is 3.08. The van der Waals surface area contributed by atoms with E-state index < -0.39 is 23.1 Å². The third-order valence-electron chi connectivity index (χ3n) is 8.24. The number of anilines is 1. The number of nitrogens with two attached hydrogens (primary N) is 1. The summed E-state index contributed by atoms with van der Waals surface area (Å²) in [7, 11) is 1.80. The summed E-state index contributed by atoms with van der Waals surface area (Å²) in [6.45, 7) is 16.0. The van der Waals surface area contributed by atoms with Crippen molar-refractivity contribution in [2.24, 2.45) is 11.1 Å². The summed E-state index contributed by atoms with van der Waals surface area (Å²) in [6.07, 6.45) is 3.62. The number of nitrogens with one attached hydrogen (secondary N) is 4. The summed E-state index contributed by atoms with van der Waals surface area (Å²) in [5, 5.41) is 11.5. The molecule has 0 aliphatic heterocycles. The van der Waals surface area contributed by atoms with Gasteiger partial charge in [0.15, 0.2) is 0 Å². The van der Waals surface area contributed by atoms with Crippen LogP contribution in [0.2, 0.25) is 4.71 Å². The molecule has 0 unspecified atom stereocenters. The maximum atomic E-state index is 13.6. The molecule has 1 rings (SSSR count). The first-order chi connectivity index (χ1) is 25.0. The molecule has 1 aromatic carbocycles. The standard InChI is InChI=1S/C38H66AsN6O8/c1-9-10-11-32(46)41-17-19-51-20-21-52-27-35(49)43-24-33(47)42-25-34(48)44-31-13-12-29(23-39-28(2)3)30(22-31)26-45(8)36(50)37(4,5)15-18-53-38(6,7)14-16-40/h12-13,22,28H,9-11,14-21,23-27,40H2,1-8H3,(H,41,46)(H,42,47)(H,43,49)(H,44,48). The van der Waals surface area contributed by atoms with Crippen molar-refractivity contribution in [2.45, 2.75) is 103 Å². The number of rotatable bonds is 28. The van der Waals surface area contributed by atoms with Crippen molar-refractivity contribution in [3.8, 4) is 0 Å². The molecule has 0 aliphatic carbocycles. The zero-order chi connectivity index (χ0) is 39.9. The van der Waals surface area contributed by atoms with Crippen molar-refractivity contribution >= 4 is 51.0 Å². The van der Waals surface area contributed by atoms with Crippen molar-refractivity contribution in [1.29, 1.82) is 0 Å². The van der Waals surface area contributed by atoms with E-state index in [0.29, 0.717) is 56.1 Å². The molecule has 1 radical (unpaired) electrons. The van der Waals surface area contributed by atoms with Gasteiger partial charge < -0.3 is 20.5 Å². The van der Waals surface area contributed by atoms with E-state index in [1.165, 1.54) is 0 Å². The van der Waals surface area contributed by atoms with Crippen LogP contribution in [-0.4, -0.2) is 122 Å². The van der Waals surface area contributed by atoms with Crippen molar-refractivity contribution in [3.63, 3.8) is 0 Å². The van der Waals surface area contributed by atoms with E-state index in [1.807, 2.05) is 52.8 Å². The van der Waals surface area contributed by atoms with Gasteiger partial charge in [-0.2, -0.15) is 0 Å². The Bertz CT molecular complexity index is 1290. The first-order valence-corrected chi connectivity index (χ1v) is 21.0. The van der Waals surface area contributed by atoms with Crippen LogP contribution in [0.25, 0.3) is 0 Å². The molecule has 1 aromatic rings. The van der Waals surface area contributed by atoms with Crippen molar-refractivity contribution < 1.29 is 38.2 Å². The van der Waals surface area contributed by atoms with Crippen LogP contribution in [0.1, 0.15) is 91.7 Å². The van der Waals surface area contributed by atoms with Gasteiger partial charge in [0, 0.05) is 13.0 Å². The number of ether oxygens (including phenoxy) is 3. The summed E-state index contributed by atoms with van der Waals surface area (Å²) in [5.74, 6) is -1.43. The molecule has 14 nitrogen and oxygen atoms in total. The molecule has 15 heteroatoms. The van der Waals surface area contributed by atoms with Crippen LogP contribution in [0.15, 0.2) is 18.2 Å². The number of unbranched alkanes of at least 4 members (excludes halogenated alkanes) is 1. The minimum atomic E-state index is -0.641. The molecule has 0 saturated carbocycles. The van der Waals surface area contributed by atoms with E-state index in [2.05, 4.69) is 35.1 Å². The summed E-state index contributed by atoms with van der Waals surface area (Å²) < 4.78 is 17.2. The van der Waals surface area contributed by atoms with Crippen LogP contribution in [0.3, 0.4) is 0 Å². The fraction of sp³-hybridized carbons (Fsp3) is 0.711. The van der Waals surface area contributed by atoms with Crippen LogP contribution < -0.4 is 27.0 Å². The van der Waals surface area contributed by atoms with Gasteiger partial charge in [-0.3, -0.25) is 9.59 Å². The van der Waals surface area contributed by atoms with E-state index in [0.717, 1.165) is 35.6 Å². The zero-order valence-corrected chi connectivity index (χ0v) is 35.2. The molecule has 0 aliphatic rings. The van der Waals surface area contributed by atoms with Crippen LogP contribution in [0, 0.1) is 5.41 Å². The molecule has 0 spiro atoms. The molecule has 6 N–H and O–H groups in total. The van der Waals surface area contributed by atoms with Gasteiger partial charge in [0.05, 0.1) is 19.8 Å². The number of carbonyl (C=O) groups excluding carboxylic acids is 5. The molecule has 0 aromatic heterocycles. The summed E-state index contributed by atoms with van der Waals surface area (Å²) in [5.41, 5.74) is 7.38. The molecule has 301 valence electrons. The minimum absolute atomic E-state index is 0.000796. The van der Waals surface area contributed by atoms with Gasteiger partial charge in [0.1, 0.15) is 6.61 Å². The van der Waals surface area contributed by atoms with Gasteiger partial charge in [-0.15, -0.1) is 0 Å². The first-order valence-electron chi connectivity index (χ1n) is 18.6. The Labute approximate surface area is 323 Å². The van der Waals surface area contributed by atoms with Gasteiger partial charge >= 0.3 is 217 Å². The van der Waals surface area contributed by atoms with Gasteiger partial charge in [0.2, 0.25) is 11.8 Å². The fourth-order valence-corrected chi connectivity index (χ4v) is 6.81. The van der Waals surface area contributed by atoms with Gasteiger partial charge in [0.25, 0.3) is 0 Å². The Kier molecular flexibility index (Phi) is 23.4. The fourth-order valence-electron chi connectivity index (χ4n) is 4.99. The Hall–Kier alpha value is -3.03. The molecule has 53 heavy (non-hydrogen) atoms. The average molecular weight is 810 g/mol. The zero-order valence-electron chi connectivity index (χ0n) is 33.4.